The number of carbonyl (C=O) groups excluding carboxylic acids is 1. The molecule has 1 heterocycles. The molecule has 1 N–H and O–H groups in total. The van der Waals surface area contributed by atoms with Gasteiger partial charge in [-0.05, 0) is 30.3 Å². The highest BCUT2D eigenvalue weighted by Crippen LogP contribution is 2.17. The summed E-state index contributed by atoms with van der Waals surface area (Å²) in [6, 6.07) is 19.4. The first-order chi connectivity index (χ1) is 12.1. The number of hydrogen-bond acceptors (Lipinski definition) is 3. The van der Waals surface area contributed by atoms with Gasteiger partial charge in [0.25, 0.3) is 5.91 Å². The lowest BCUT2D eigenvalue weighted by Gasteiger charge is -2.17. The molecule has 0 saturated carbocycles. The number of rotatable bonds is 5. The normalized spacial score (nSPS) is 10.3. The van der Waals surface area contributed by atoms with Gasteiger partial charge in [-0.25, -0.2) is 4.39 Å². The number of para-hydroxylation sites is 1. The van der Waals surface area contributed by atoms with Crippen molar-refractivity contribution in [2.75, 3.05) is 17.3 Å². The zero-order valence-electron chi connectivity index (χ0n) is 13.8. The Bertz CT molecular complexity index is 868. The zero-order chi connectivity index (χ0) is 17.6. The zero-order valence-corrected chi connectivity index (χ0v) is 13.8. The molecule has 126 valence electrons. The van der Waals surface area contributed by atoms with Crippen molar-refractivity contribution in [3.05, 3.63) is 90.0 Å². The van der Waals surface area contributed by atoms with Crippen LogP contribution in [0.4, 0.5) is 15.8 Å². The van der Waals surface area contributed by atoms with E-state index in [0.29, 0.717) is 23.5 Å². The first-order valence-electron chi connectivity index (χ1n) is 7.91. The van der Waals surface area contributed by atoms with Crippen LogP contribution in [0.5, 0.6) is 0 Å². The maximum Gasteiger partial charge on any atom is 0.276 e. The van der Waals surface area contributed by atoms with Crippen molar-refractivity contribution < 1.29 is 9.18 Å². The smallest absolute Gasteiger partial charge is 0.276 e. The number of pyridine rings is 1. The van der Waals surface area contributed by atoms with Crippen molar-refractivity contribution in [1.29, 1.82) is 0 Å². The molecular weight excluding hydrogens is 317 g/mol. The minimum Gasteiger partial charge on any atom is -0.381 e. The molecule has 0 aliphatic rings. The summed E-state index contributed by atoms with van der Waals surface area (Å²) in [4.78, 5) is 18.3. The van der Waals surface area contributed by atoms with Crippen molar-refractivity contribution >= 4 is 17.3 Å². The molecule has 1 amide bonds. The van der Waals surface area contributed by atoms with E-state index in [1.807, 2.05) is 30.3 Å². The Morgan fingerprint density at radius 1 is 1.08 bits per heavy atom. The number of carbonyl (C=O) groups is 1. The Balaban J connectivity index is 1.73. The van der Waals surface area contributed by atoms with Gasteiger partial charge >= 0.3 is 0 Å². The lowest BCUT2D eigenvalue weighted by molar-refractivity contribution is 0.0988. The summed E-state index contributed by atoms with van der Waals surface area (Å²) in [5.41, 5.74) is 2.39. The Morgan fingerprint density at radius 3 is 2.56 bits per heavy atom. The summed E-state index contributed by atoms with van der Waals surface area (Å²) in [6.45, 7) is 0.332. The molecule has 0 bridgehead atoms. The van der Waals surface area contributed by atoms with E-state index in [-0.39, 0.29) is 11.7 Å². The van der Waals surface area contributed by atoms with Gasteiger partial charge in [-0.15, -0.1) is 0 Å². The molecule has 1 aromatic heterocycles. The number of hydrogen-bond donors (Lipinski definition) is 1. The number of nitrogens with zero attached hydrogens (tertiary/aromatic N) is 2. The summed E-state index contributed by atoms with van der Waals surface area (Å²) >= 11 is 0. The van der Waals surface area contributed by atoms with Crippen molar-refractivity contribution in [2.45, 2.75) is 6.54 Å². The van der Waals surface area contributed by atoms with E-state index in [4.69, 9.17) is 0 Å². The average molecular weight is 335 g/mol. The van der Waals surface area contributed by atoms with Gasteiger partial charge in [0.05, 0.1) is 0 Å². The fourth-order valence-electron chi connectivity index (χ4n) is 2.44. The van der Waals surface area contributed by atoms with Gasteiger partial charge in [-0.2, -0.15) is 0 Å². The van der Waals surface area contributed by atoms with Crippen LogP contribution >= 0.6 is 0 Å². The summed E-state index contributed by atoms with van der Waals surface area (Å²) in [5.74, 6) is -0.468. The third-order valence-corrected chi connectivity index (χ3v) is 3.87. The van der Waals surface area contributed by atoms with Crippen LogP contribution in [-0.2, 0) is 6.54 Å². The predicted octanol–water partition coefficient (Wildman–Crippen LogP) is 4.11. The van der Waals surface area contributed by atoms with E-state index in [1.54, 1.807) is 48.5 Å². The first kappa shape index (κ1) is 16.6. The molecule has 4 nitrogen and oxygen atoms in total. The molecule has 25 heavy (non-hydrogen) atoms. The molecule has 0 aliphatic carbocycles. The van der Waals surface area contributed by atoms with E-state index >= 15 is 0 Å². The van der Waals surface area contributed by atoms with E-state index in [9.17, 15) is 9.18 Å². The van der Waals surface area contributed by atoms with Gasteiger partial charge in [0, 0.05) is 36.7 Å². The van der Waals surface area contributed by atoms with Crippen LogP contribution in [-0.4, -0.2) is 17.9 Å². The number of anilines is 2. The topological polar surface area (TPSA) is 45.2 Å². The number of benzene rings is 2. The van der Waals surface area contributed by atoms with E-state index in [1.165, 1.54) is 6.07 Å². The third kappa shape index (κ3) is 4.01. The van der Waals surface area contributed by atoms with Gasteiger partial charge in [0.2, 0.25) is 0 Å². The minimum atomic E-state index is -0.260. The van der Waals surface area contributed by atoms with E-state index in [0.717, 1.165) is 5.69 Å². The monoisotopic (exact) mass is 335 g/mol. The van der Waals surface area contributed by atoms with Crippen LogP contribution in [0.1, 0.15) is 16.1 Å². The SMILES string of the molecule is CN(C(=O)c1cc(NCc2ccccc2F)ccn1)c1ccccc1. The molecule has 3 aromatic rings. The van der Waals surface area contributed by atoms with Crippen LogP contribution in [0.25, 0.3) is 0 Å². The fraction of sp³-hybridized carbons (Fsp3) is 0.100. The minimum absolute atomic E-state index is 0.208. The highest BCUT2D eigenvalue weighted by atomic mass is 19.1. The molecule has 5 heteroatoms. The molecule has 2 aromatic carbocycles. The summed E-state index contributed by atoms with van der Waals surface area (Å²) in [6.07, 6.45) is 1.57. The predicted molar refractivity (Wildman–Crippen MR) is 97.1 cm³/mol. The Kier molecular flexibility index (Phi) is 5.04. The van der Waals surface area contributed by atoms with Crippen LogP contribution in [0, 0.1) is 5.82 Å². The lowest BCUT2D eigenvalue weighted by atomic mass is 10.2. The molecule has 0 spiro atoms. The number of halogens is 1. The maximum absolute atomic E-state index is 13.7. The summed E-state index contributed by atoms with van der Waals surface area (Å²) < 4.78 is 13.7. The number of nitrogens with one attached hydrogen (secondary N) is 1. The van der Waals surface area contributed by atoms with Gasteiger partial charge in [0.15, 0.2) is 0 Å². The van der Waals surface area contributed by atoms with E-state index < -0.39 is 0 Å². The molecule has 0 saturated heterocycles. The highest BCUT2D eigenvalue weighted by Gasteiger charge is 2.15. The fourth-order valence-corrected chi connectivity index (χ4v) is 2.44. The van der Waals surface area contributed by atoms with Crippen LogP contribution < -0.4 is 10.2 Å². The molecule has 0 radical (unpaired) electrons. The Hall–Kier alpha value is -3.21. The maximum atomic E-state index is 13.7. The average Bonchev–Trinajstić information content (AvgIpc) is 2.67. The van der Waals surface area contributed by atoms with Crippen LogP contribution in [0.2, 0.25) is 0 Å². The lowest BCUT2D eigenvalue weighted by Crippen LogP contribution is -2.27. The number of aromatic nitrogens is 1. The van der Waals surface area contributed by atoms with Gasteiger partial charge in [0.1, 0.15) is 11.5 Å². The van der Waals surface area contributed by atoms with E-state index in [2.05, 4.69) is 10.3 Å². The molecule has 0 atom stereocenters. The largest absolute Gasteiger partial charge is 0.381 e. The second-order valence-electron chi connectivity index (χ2n) is 5.57. The van der Waals surface area contributed by atoms with Crippen LogP contribution in [0.15, 0.2) is 72.9 Å². The van der Waals surface area contributed by atoms with Crippen LogP contribution in [0.3, 0.4) is 0 Å². The van der Waals surface area contributed by atoms with Gasteiger partial charge in [-0.1, -0.05) is 36.4 Å². The summed E-state index contributed by atoms with van der Waals surface area (Å²) in [5, 5.41) is 3.12. The highest BCUT2D eigenvalue weighted by molar-refractivity contribution is 6.04. The molecule has 3 rings (SSSR count). The standard InChI is InChI=1S/C20H18FN3O/c1-24(17-8-3-2-4-9-17)20(25)19-13-16(11-12-22-19)23-14-15-7-5-6-10-18(15)21/h2-13H,14H2,1H3,(H,22,23). The summed E-state index contributed by atoms with van der Waals surface area (Å²) in [7, 11) is 1.71. The third-order valence-electron chi connectivity index (χ3n) is 3.87. The molecule has 0 fully saturated rings. The van der Waals surface area contributed by atoms with Gasteiger partial charge < -0.3 is 10.2 Å². The van der Waals surface area contributed by atoms with Crippen molar-refractivity contribution in [3.63, 3.8) is 0 Å². The molecule has 0 aliphatic heterocycles. The first-order valence-corrected chi connectivity index (χ1v) is 7.91. The van der Waals surface area contributed by atoms with Gasteiger partial charge in [-0.3, -0.25) is 9.78 Å². The Labute approximate surface area is 145 Å². The quantitative estimate of drug-likeness (QED) is 0.763. The second kappa shape index (κ2) is 7.57. The number of amides is 1. The Morgan fingerprint density at radius 2 is 1.80 bits per heavy atom. The molecule has 0 unspecified atom stereocenters. The van der Waals surface area contributed by atoms with Crippen molar-refractivity contribution in [3.8, 4) is 0 Å². The van der Waals surface area contributed by atoms with Crippen molar-refractivity contribution in [1.82, 2.24) is 4.98 Å². The second-order valence-corrected chi connectivity index (χ2v) is 5.57. The molecular formula is C20H18FN3O. The van der Waals surface area contributed by atoms with Crippen molar-refractivity contribution in [2.24, 2.45) is 0 Å².